The molecule has 0 bridgehead atoms. The molecular formula is C17H21N3O5. The minimum Gasteiger partial charge on any atom is -0.493 e. The molecular weight excluding hydrogens is 326 g/mol. The Morgan fingerprint density at radius 3 is 2.76 bits per heavy atom. The van der Waals surface area contributed by atoms with Gasteiger partial charge < -0.3 is 24.0 Å². The van der Waals surface area contributed by atoms with E-state index in [1.807, 2.05) is 25.1 Å². The summed E-state index contributed by atoms with van der Waals surface area (Å²) in [6, 6.07) is 5.49. The normalized spacial score (nSPS) is 15.2. The van der Waals surface area contributed by atoms with Crippen LogP contribution in [0.15, 0.2) is 22.7 Å². The number of nitrogens with zero attached hydrogens (tertiary/aromatic N) is 3. The lowest BCUT2D eigenvalue weighted by atomic mass is 9.97. The van der Waals surface area contributed by atoms with E-state index >= 15 is 0 Å². The van der Waals surface area contributed by atoms with E-state index in [4.69, 9.17) is 19.1 Å². The number of amides is 1. The van der Waals surface area contributed by atoms with Gasteiger partial charge in [0, 0.05) is 24.6 Å². The van der Waals surface area contributed by atoms with Crippen molar-refractivity contribution in [1.82, 2.24) is 15.0 Å². The van der Waals surface area contributed by atoms with Crippen molar-refractivity contribution in [3.63, 3.8) is 0 Å². The first kappa shape index (κ1) is 17.1. The molecule has 8 nitrogen and oxygen atoms in total. The Hall–Kier alpha value is -2.77. The van der Waals surface area contributed by atoms with Crippen molar-refractivity contribution in [2.45, 2.75) is 25.7 Å². The Kier molecular flexibility index (Phi) is 5.06. The van der Waals surface area contributed by atoms with Crippen LogP contribution < -0.4 is 9.47 Å². The van der Waals surface area contributed by atoms with Gasteiger partial charge in [0.05, 0.1) is 13.7 Å². The first-order chi connectivity index (χ1) is 12.1. The van der Waals surface area contributed by atoms with Crippen LogP contribution in [0.25, 0.3) is 11.4 Å². The second kappa shape index (κ2) is 7.42. The van der Waals surface area contributed by atoms with Crippen LogP contribution >= 0.6 is 0 Å². The fraction of sp³-hybridized carbons (Fsp3) is 0.471. The minimum atomic E-state index is -0.883. The predicted molar refractivity (Wildman–Crippen MR) is 89.0 cm³/mol. The van der Waals surface area contributed by atoms with Crippen LogP contribution in [-0.2, 0) is 0 Å². The van der Waals surface area contributed by atoms with Gasteiger partial charge in [-0.1, -0.05) is 5.16 Å². The number of hydrogen-bond donors (Lipinski definition) is 1. The number of hydrogen-bond acceptors (Lipinski definition) is 6. The third kappa shape index (κ3) is 3.67. The topological polar surface area (TPSA) is 97.9 Å². The molecule has 2 aromatic rings. The van der Waals surface area contributed by atoms with E-state index in [2.05, 4.69) is 10.1 Å². The van der Waals surface area contributed by atoms with Gasteiger partial charge in [0.15, 0.2) is 11.5 Å². The molecule has 0 unspecified atom stereocenters. The number of methoxy groups -OCH3 is 1. The summed E-state index contributed by atoms with van der Waals surface area (Å²) < 4.78 is 16.3. The molecule has 0 atom stereocenters. The molecule has 25 heavy (non-hydrogen) atoms. The molecule has 1 aromatic heterocycles. The smallest absolute Gasteiger partial charge is 0.407 e. The molecule has 2 heterocycles. The van der Waals surface area contributed by atoms with Gasteiger partial charge in [-0.05, 0) is 38.0 Å². The fourth-order valence-electron chi connectivity index (χ4n) is 2.92. The zero-order valence-electron chi connectivity index (χ0n) is 14.3. The van der Waals surface area contributed by atoms with Crippen LogP contribution in [0, 0.1) is 0 Å². The van der Waals surface area contributed by atoms with Crippen molar-refractivity contribution in [2.75, 3.05) is 26.8 Å². The van der Waals surface area contributed by atoms with Crippen LogP contribution in [0.2, 0.25) is 0 Å². The lowest BCUT2D eigenvalue weighted by molar-refractivity contribution is 0.128. The fourth-order valence-corrected chi connectivity index (χ4v) is 2.92. The molecule has 1 saturated heterocycles. The standard InChI is InChI=1S/C17H21N3O5/c1-3-24-13-5-4-12(10-14(13)23-2)15-18-16(25-19-15)11-6-8-20(9-7-11)17(21)22/h4-5,10-11H,3,6-9H2,1-2H3,(H,21,22). The lowest BCUT2D eigenvalue weighted by Crippen LogP contribution is -2.36. The number of likely N-dealkylation sites (tertiary alicyclic amines) is 1. The number of carboxylic acid groups (broad SMARTS) is 1. The Bertz CT molecular complexity index is 738. The highest BCUT2D eigenvalue weighted by Gasteiger charge is 2.27. The molecule has 1 aliphatic rings. The molecule has 0 aliphatic carbocycles. The molecule has 1 fully saturated rings. The van der Waals surface area contributed by atoms with Crippen molar-refractivity contribution in [2.24, 2.45) is 0 Å². The summed E-state index contributed by atoms with van der Waals surface area (Å²) in [5, 5.41) is 13.1. The molecule has 1 amide bonds. The summed E-state index contributed by atoms with van der Waals surface area (Å²) in [6.45, 7) is 3.43. The Balaban J connectivity index is 1.74. The largest absolute Gasteiger partial charge is 0.493 e. The Labute approximate surface area is 145 Å². The van der Waals surface area contributed by atoms with Gasteiger partial charge in [0.1, 0.15) is 0 Å². The zero-order valence-corrected chi connectivity index (χ0v) is 14.3. The summed E-state index contributed by atoms with van der Waals surface area (Å²) in [5.74, 6) is 2.39. The van der Waals surface area contributed by atoms with Gasteiger partial charge in [0.2, 0.25) is 11.7 Å². The van der Waals surface area contributed by atoms with Crippen LogP contribution in [0.1, 0.15) is 31.6 Å². The highest BCUT2D eigenvalue weighted by molar-refractivity contribution is 5.65. The summed E-state index contributed by atoms with van der Waals surface area (Å²) >= 11 is 0. The van der Waals surface area contributed by atoms with Crippen molar-refractivity contribution in [3.8, 4) is 22.9 Å². The quantitative estimate of drug-likeness (QED) is 0.887. The number of carbonyl (C=O) groups is 1. The number of piperidine rings is 1. The predicted octanol–water partition coefficient (Wildman–Crippen LogP) is 3.00. The van der Waals surface area contributed by atoms with Gasteiger partial charge in [-0.2, -0.15) is 4.98 Å². The molecule has 1 aromatic carbocycles. The van der Waals surface area contributed by atoms with Gasteiger partial charge >= 0.3 is 6.09 Å². The van der Waals surface area contributed by atoms with Crippen molar-refractivity contribution in [3.05, 3.63) is 24.1 Å². The maximum absolute atomic E-state index is 11.0. The first-order valence-corrected chi connectivity index (χ1v) is 8.25. The number of benzene rings is 1. The van der Waals surface area contributed by atoms with E-state index < -0.39 is 6.09 Å². The van der Waals surface area contributed by atoms with Crippen molar-refractivity contribution < 1.29 is 23.9 Å². The van der Waals surface area contributed by atoms with Gasteiger partial charge in [-0.3, -0.25) is 0 Å². The minimum absolute atomic E-state index is 0.0847. The number of aromatic nitrogens is 2. The number of ether oxygens (including phenoxy) is 2. The van der Waals surface area contributed by atoms with E-state index in [1.54, 1.807) is 7.11 Å². The van der Waals surface area contributed by atoms with E-state index in [1.165, 1.54) is 4.90 Å². The van der Waals surface area contributed by atoms with Gasteiger partial charge in [-0.25, -0.2) is 4.79 Å². The average molecular weight is 347 g/mol. The lowest BCUT2D eigenvalue weighted by Gasteiger charge is -2.27. The first-order valence-electron chi connectivity index (χ1n) is 8.25. The highest BCUT2D eigenvalue weighted by Crippen LogP contribution is 2.33. The summed E-state index contributed by atoms with van der Waals surface area (Å²) in [7, 11) is 1.58. The molecule has 1 N–H and O–H groups in total. The molecule has 134 valence electrons. The molecule has 0 radical (unpaired) electrons. The zero-order chi connectivity index (χ0) is 17.8. The monoisotopic (exact) mass is 347 g/mol. The van der Waals surface area contributed by atoms with Crippen LogP contribution in [0.4, 0.5) is 4.79 Å². The maximum Gasteiger partial charge on any atom is 0.407 e. The second-order valence-electron chi connectivity index (χ2n) is 5.80. The molecule has 0 spiro atoms. The maximum atomic E-state index is 11.0. The molecule has 8 heteroatoms. The van der Waals surface area contributed by atoms with Crippen LogP contribution in [-0.4, -0.2) is 53.0 Å². The SMILES string of the molecule is CCOc1ccc(-c2noc(C3CCN(C(=O)O)CC3)n2)cc1OC. The number of rotatable bonds is 5. The van der Waals surface area contributed by atoms with E-state index in [0.29, 0.717) is 55.8 Å². The Morgan fingerprint density at radius 1 is 1.36 bits per heavy atom. The molecule has 3 rings (SSSR count). The third-order valence-corrected chi connectivity index (χ3v) is 4.28. The average Bonchev–Trinajstić information content (AvgIpc) is 3.12. The van der Waals surface area contributed by atoms with Crippen molar-refractivity contribution in [1.29, 1.82) is 0 Å². The molecule has 1 aliphatic heterocycles. The molecule has 0 saturated carbocycles. The van der Waals surface area contributed by atoms with Crippen molar-refractivity contribution >= 4 is 6.09 Å². The van der Waals surface area contributed by atoms with Gasteiger partial charge in [0.25, 0.3) is 0 Å². The van der Waals surface area contributed by atoms with E-state index in [-0.39, 0.29) is 5.92 Å². The van der Waals surface area contributed by atoms with Crippen LogP contribution in [0.3, 0.4) is 0 Å². The summed E-state index contributed by atoms with van der Waals surface area (Å²) in [4.78, 5) is 16.9. The van der Waals surface area contributed by atoms with E-state index in [9.17, 15) is 4.79 Å². The third-order valence-electron chi connectivity index (χ3n) is 4.28. The van der Waals surface area contributed by atoms with E-state index in [0.717, 1.165) is 5.56 Å². The second-order valence-corrected chi connectivity index (χ2v) is 5.80. The Morgan fingerprint density at radius 2 is 2.12 bits per heavy atom. The van der Waals surface area contributed by atoms with Gasteiger partial charge in [-0.15, -0.1) is 0 Å². The summed E-state index contributed by atoms with van der Waals surface area (Å²) in [6.07, 6.45) is 0.479. The van der Waals surface area contributed by atoms with Crippen LogP contribution in [0.5, 0.6) is 11.5 Å². The highest BCUT2D eigenvalue weighted by atomic mass is 16.5. The summed E-state index contributed by atoms with van der Waals surface area (Å²) in [5.41, 5.74) is 0.776.